The molecule has 0 atom stereocenters. The number of anilines is 1. The minimum Gasteiger partial charge on any atom is -0.491 e. The van der Waals surface area contributed by atoms with Crippen LogP contribution < -0.4 is 9.64 Å². The second-order valence-electron chi connectivity index (χ2n) is 7.27. The Morgan fingerprint density at radius 1 is 1.10 bits per heavy atom. The van der Waals surface area contributed by atoms with Crippen LogP contribution in [0.3, 0.4) is 0 Å². The standard InChI is InChI=1S/C23H25NO5/c1-16(2)29-20-9-3-6-17(12-20)13-23(27)28-15-21(25)18-7-4-8-19(14-18)24-11-5-10-22(24)26/h3-4,6-9,12,14,16H,5,10-11,13,15H2,1-2H3. The lowest BCUT2D eigenvalue weighted by molar-refractivity contribution is -0.141. The van der Waals surface area contributed by atoms with Gasteiger partial charge < -0.3 is 14.4 Å². The fraction of sp³-hybridized carbons (Fsp3) is 0.348. The quantitative estimate of drug-likeness (QED) is 0.505. The number of amides is 1. The van der Waals surface area contributed by atoms with Gasteiger partial charge in [0.15, 0.2) is 12.4 Å². The SMILES string of the molecule is CC(C)Oc1cccc(CC(=O)OCC(=O)c2cccc(N3CCCC3=O)c2)c1. The van der Waals surface area contributed by atoms with E-state index < -0.39 is 5.97 Å². The minimum absolute atomic E-state index is 0.0430. The molecule has 0 aliphatic carbocycles. The monoisotopic (exact) mass is 395 g/mol. The number of Topliss-reactive ketones (excluding diaryl/α,β-unsaturated/α-hetero) is 1. The van der Waals surface area contributed by atoms with Gasteiger partial charge in [-0.1, -0.05) is 24.3 Å². The molecule has 1 aliphatic rings. The molecular weight excluding hydrogens is 370 g/mol. The van der Waals surface area contributed by atoms with Crippen LogP contribution in [0.2, 0.25) is 0 Å². The molecule has 0 spiro atoms. The van der Waals surface area contributed by atoms with Crippen LogP contribution in [0.4, 0.5) is 5.69 Å². The van der Waals surface area contributed by atoms with Crippen LogP contribution in [0.15, 0.2) is 48.5 Å². The van der Waals surface area contributed by atoms with Crippen LogP contribution in [0, 0.1) is 0 Å². The molecule has 3 rings (SSSR count). The van der Waals surface area contributed by atoms with E-state index in [1.807, 2.05) is 32.0 Å². The molecule has 0 bridgehead atoms. The van der Waals surface area contributed by atoms with Gasteiger partial charge in [-0.2, -0.15) is 0 Å². The number of carbonyl (C=O) groups excluding carboxylic acids is 3. The van der Waals surface area contributed by atoms with Crippen molar-refractivity contribution >= 4 is 23.3 Å². The zero-order valence-electron chi connectivity index (χ0n) is 16.7. The van der Waals surface area contributed by atoms with Crippen LogP contribution in [0.1, 0.15) is 42.6 Å². The van der Waals surface area contributed by atoms with Gasteiger partial charge in [0.2, 0.25) is 5.91 Å². The largest absolute Gasteiger partial charge is 0.491 e. The van der Waals surface area contributed by atoms with E-state index in [1.165, 1.54) is 0 Å². The lowest BCUT2D eigenvalue weighted by Gasteiger charge is -2.16. The van der Waals surface area contributed by atoms with Gasteiger partial charge in [-0.25, -0.2) is 0 Å². The summed E-state index contributed by atoms with van der Waals surface area (Å²) in [7, 11) is 0. The summed E-state index contributed by atoms with van der Waals surface area (Å²) in [4.78, 5) is 38.1. The molecule has 6 heteroatoms. The van der Waals surface area contributed by atoms with Gasteiger partial charge in [0, 0.05) is 24.2 Å². The van der Waals surface area contributed by atoms with E-state index in [0.29, 0.717) is 30.0 Å². The van der Waals surface area contributed by atoms with Crippen LogP contribution in [-0.4, -0.2) is 36.9 Å². The minimum atomic E-state index is -0.481. The molecule has 0 N–H and O–H groups in total. The Labute approximate surface area is 170 Å². The first-order valence-corrected chi connectivity index (χ1v) is 9.77. The molecule has 29 heavy (non-hydrogen) atoms. The van der Waals surface area contributed by atoms with E-state index in [9.17, 15) is 14.4 Å². The first kappa shape index (κ1) is 20.6. The van der Waals surface area contributed by atoms with Gasteiger partial charge in [-0.05, 0) is 50.1 Å². The first-order chi connectivity index (χ1) is 13.9. The van der Waals surface area contributed by atoms with E-state index >= 15 is 0 Å². The zero-order valence-corrected chi connectivity index (χ0v) is 16.7. The van der Waals surface area contributed by atoms with Crippen LogP contribution in [0.25, 0.3) is 0 Å². The predicted octanol–water partition coefficient (Wildman–Crippen LogP) is 3.57. The Kier molecular flexibility index (Phi) is 6.65. The van der Waals surface area contributed by atoms with Crippen LogP contribution in [0.5, 0.6) is 5.75 Å². The average Bonchev–Trinajstić information content (AvgIpc) is 3.12. The number of ketones is 1. The van der Waals surface area contributed by atoms with Gasteiger partial charge in [0.05, 0.1) is 12.5 Å². The predicted molar refractivity (Wildman–Crippen MR) is 109 cm³/mol. The van der Waals surface area contributed by atoms with Crippen molar-refractivity contribution in [3.8, 4) is 5.75 Å². The summed E-state index contributed by atoms with van der Waals surface area (Å²) in [5, 5.41) is 0. The number of benzene rings is 2. The van der Waals surface area contributed by atoms with Crippen molar-refractivity contribution in [2.75, 3.05) is 18.1 Å². The summed E-state index contributed by atoms with van der Waals surface area (Å²) >= 11 is 0. The summed E-state index contributed by atoms with van der Waals surface area (Å²) in [6.45, 7) is 4.19. The van der Waals surface area contributed by atoms with Gasteiger partial charge >= 0.3 is 5.97 Å². The molecule has 2 aromatic carbocycles. The van der Waals surface area contributed by atoms with Crippen LogP contribution >= 0.6 is 0 Å². The molecule has 0 saturated carbocycles. The number of carbonyl (C=O) groups is 3. The highest BCUT2D eigenvalue weighted by molar-refractivity contribution is 6.01. The number of nitrogens with zero attached hydrogens (tertiary/aromatic N) is 1. The Balaban J connectivity index is 1.55. The number of hydrogen-bond donors (Lipinski definition) is 0. The second kappa shape index (κ2) is 9.37. The summed E-state index contributed by atoms with van der Waals surface area (Å²) in [6.07, 6.45) is 1.45. The fourth-order valence-corrected chi connectivity index (χ4v) is 3.22. The highest BCUT2D eigenvalue weighted by Crippen LogP contribution is 2.22. The fourth-order valence-electron chi connectivity index (χ4n) is 3.22. The van der Waals surface area contributed by atoms with Gasteiger partial charge in [0.1, 0.15) is 5.75 Å². The van der Waals surface area contributed by atoms with Crippen molar-refractivity contribution in [1.29, 1.82) is 0 Å². The molecule has 0 radical (unpaired) electrons. The van der Waals surface area contributed by atoms with Crippen molar-refractivity contribution in [1.82, 2.24) is 0 Å². The molecule has 0 unspecified atom stereocenters. The van der Waals surface area contributed by atoms with E-state index in [1.54, 1.807) is 35.2 Å². The molecule has 1 amide bonds. The van der Waals surface area contributed by atoms with Crippen LogP contribution in [-0.2, 0) is 20.7 Å². The lowest BCUT2D eigenvalue weighted by atomic mass is 10.1. The molecule has 2 aromatic rings. The van der Waals surface area contributed by atoms with Crippen molar-refractivity contribution in [2.45, 2.75) is 39.2 Å². The van der Waals surface area contributed by atoms with E-state index in [0.717, 1.165) is 12.0 Å². The molecular formula is C23H25NO5. The van der Waals surface area contributed by atoms with E-state index in [2.05, 4.69) is 0 Å². The first-order valence-electron chi connectivity index (χ1n) is 9.77. The molecule has 1 aliphatic heterocycles. The maximum atomic E-state index is 12.4. The average molecular weight is 395 g/mol. The molecule has 1 heterocycles. The molecule has 152 valence electrons. The normalized spacial score (nSPS) is 13.6. The number of esters is 1. The second-order valence-corrected chi connectivity index (χ2v) is 7.27. The Morgan fingerprint density at radius 2 is 1.90 bits per heavy atom. The maximum absolute atomic E-state index is 12.4. The Hall–Kier alpha value is -3.15. The number of hydrogen-bond acceptors (Lipinski definition) is 5. The summed E-state index contributed by atoms with van der Waals surface area (Å²) < 4.78 is 10.8. The van der Waals surface area contributed by atoms with Gasteiger partial charge in [0.25, 0.3) is 0 Å². The van der Waals surface area contributed by atoms with Crippen molar-refractivity contribution in [2.24, 2.45) is 0 Å². The van der Waals surface area contributed by atoms with Crippen molar-refractivity contribution < 1.29 is 23.9 Å². The van der Waals surface area contributed by atoms with Crippen molar-refractivity contribution in [3.05, 3.63) is 59.7 Å². The lowest BCUT2D eigenvalue weighted by Crippen LogP contribution is -2.24. The third-order valence-corrected chi connectivity index (χ3v) is 4.54. The zero-order chi connectivity index (χ0) is 20.8. The maximum Gasteiger partial charge on any atom is 0.310 e. The molecule has 0 aromatic heterocycles. The summed E-state index contributed by atoms with van der Waals surface area (Å²) in [5.74, 6) is -0.0333. The van der Waals surface area contributed by atoms with Crippen molar-refractivity contribution in [3.63, 3.8) is 0 Å². The Morgan fingerprint density at radius 3 is 2.62 bits per heavy atom. The number of ether oxygens (including phenoxy) is 2. The smallest absolute Gasteiger partial charge is 0.310 e. The summed E-state index contributed by atoms with van der Waals surface area (Å²) in [5.41, 5.74) is 1.88. The topological polar surface area (TPSA) is 72.9 Å². The third-order valence-electron chi connectivity index (χ3n) is 4.54. The third kappa shape index (κ3) is 5.67. The molecule has 6 nitrogen and oxygen atoms in total. The number of rotatable bonds is 8. The summed E-state index contributed by atoms with van der Waals surface area (Å²) in [6, 6.07) is 14.1. The van der Waals surface area contributed by atoms with Gasteiger partial charge in [-0.3, -0.25) is 14.4 Å². The van der Waals surface area contributed by atoms with E-state index in [4.69, 9.17) is 9.47 Å². The molecule has 1 fully saturated rings. The van der Waals surface area contributed by atoms with Gasteiger partial charge in [-0.15, -0.1) is 0 Å². The Bertz CT molecular complexity index is 906. The molecule has 1 saturated heterocycles. The highest BCUT2D eigenvalue weighted by atomic mass is 16.5. The van der Waals surface area contributed by atoms with E-state index in [-0.39, 0.29) is 30.8 Å². The highest BCUT2D eigenvalue weighted by Gasteiger charge is 2.22.